The Kier molecular flexibility index (Phi) is 4.10. The summed E-state index contributed by atoms with van der Waals surface area (Å²) < 4.78 is 18.2. The molecule has 0 heterocycles. The zero-order valence-corrected chi connectivity index (χ0v) is 11.4. The molecule has 0 aliphatic rings. The van der Waals surface area contributed by atoms with E-state index in [0.29, 0.717) is 17.1 Å². The van der Waals surface area contributed by atoms with Crippen molar-refractivity contribution in [3.05, 3.63) is 52.8 Å². The number of carbonyl (C=O) groups is 1. The minimum absolute atomic E-state index is 0.109. The van der Waals surface area contributed by atoms with Crippen LogP contribution in [-0.2, 0) is 0 Å². The number of nitrogen functional groups attached to an aromatic ring is 1. The number of hydrogen-bond acceptors (Lipinski definition) is 3. The fourth-order valence-corrected chi connectivity index (χ4v) is 1.82. The minimum Gasteiger partial charge on any atom is -0.494 e. The number of halogens is 2. The first kappa shape index (κ1) is 14.1. The number of nitrogens with two attached hydrogens (primary N) is 1. The molecule has 0 spiro atoms. The van der Waals surface area contributed by atoms with Gasteiger partial charge in [-0.3, -0.25) is 4.79 Å². The smallest absolute Gasteiger partial charge is 0.255 e. The average molecular weight is 295 g/mol. The van der Waals surface area contributed by atoms with Gasteiger partial charge in [-0.25, -0.2) is 4.39 Å². The van der Waals surface area contributed by atoms with Crippen molar-refractivity contribution in [1.82, 2.24) is 0 Å². The summed E-state index contributed by atoms with van der Waals surface area (Å²) in [5, 5.41) is 2.54. The Hall–Kier alpha value is -2.27. The first-order chi connectivity index (χ1) is 9.51. The first-order valence-corrected chi connectivity index (χ1v) is 6.09. The van der Waals surface area contributed by atoms with Gasteiger partial charge in [0.1, 0.15) is 11.6 Å². The number of benzene rings is 2. The highest BCUT2D eigenvalue weighted by Crippen LogP contribution is 2.27. The van der Waals surface area contributed by atoms with E-state index >= 15 is 0 Å². The van der Waals surface area contributed by atoms with Gasteiger partial charge in [-0.05, 0) is 30.3 Å². The molecule has 0 saturated heterocycles. The summed E-state index contributed by atoms with van der Waals surface area (Å²) in [6.45, 7) is 0. The predicted molar refractivity (Wildman–Crippen MR) is 76.8 cm³/mol. The Bertz CT molecular complexity index is 662. The Morgan fingerprint density at radius 2 is 2.05 bits per heavy atom. The van der Waals surface area contributed by atoms with Gasteiger partial charge in [0.15, 0.2) is 0 Å². The van der Waals surface area contributed by atoms with Crippen LogP contribution in [-0.4, -0.2) is 13.0 Å². The van der Waals surface area contributed by atoms with E-state index in [2.05, 4.69) is 5.32 Å². The van der Waals surface area contributed by atoms with Crippen LogP contribution in [0.15, 0.2) is 36.4 Å². The van der Waals surface area contributed by atoms with Crippen LogP contribution in [0.4, 0.5) is 15.8 Å². The van der Waals surface area contributed by atoms with Crippen LogP contribution in [0, 0.1) is 5.82 Å². The number of ether oxygens (including phenoxy) is 1. The van der Waals surface area contributed by atoms with Gasteiger partial charge in [-0.15, -0.1) is 0 Å². The van der Waals surface area contributed by atoms with E-state index < -0.39 is 11.7 Å². The molecule has 2 aromatic carbocycles. The van der Waals surface area contributed by atoms with Crippen LogP contribution in [0.3, 0.4) is 0 Å². The molecule has 0 radical (unpaired) electrons. The molecule has 4 nitrogen and oxygen atoms in total. The second-order valence-corrected chi connectivity index (χ2v) is 4.45. The van der Waals surface area contributed by atoms with Crippen LogP contribution in [0.2, 0.25) is 5.02 Å². The average Bonchev–Trinajstić information content (AvgIpc) is 2.43. The van der Waals surface area contributed by atoms with Gasteiger partial charge in [0.25, 0.3) is 5.91 Å². The third-order valence-electron chi connectivity index (χ3n) is 2.66. The van der Waals surface area contributed by atoms with Gasteiger partial charge in [-0.2, -0.15) is 0 Å². The van der Waals surface area contributed by atoms with E-state index in [1.54, 1.807) is 18.2 Å². The van der Waals surface area contributed by atoms with E-state index in [-0.39, 0.29) is 10.6 Å². The van der Waals surface area contributed by atoms with Crippen molar-refractivity contribution in [2.75, 3.05) is 18.2 Å². The summed E-state index contributed by atoms with van der Waals surface area (Å²) in [7, 11) is 1.47. The van der Waals surface area contributed by atoms with E-state index in [0.717, 1.165) is 6.07 Å². The molecule has 0 saturated carbocycles. The summed E-state index contributed by atoms with van der Waals surface area (Å²) in [6, 6.07) is 8.59. The largest absolute Gasteiger partial charge is 0.494 e. The Labute approximate surface area is 120 Å². The van der Waals surface area contributed by atoms with Gasteiger partial charge in [0, 0.05) is 17.3 Å². The van der Waals surface area contributed by atoms with Gasteiger partial charge in [0.05, 0.1) is 17.8 Å². The molecule has 0 atom stereocenters. The van der Waals surface area contributed by atoms with Gasteiger partial charge < -0.3 is 15.8 Å². The van der Waals surface area contributed by atoms with E-state index in [1.807, 2.05) is 0 Å². The lowest BCUT2D eigenvalue weighted by Gasteiger charge is -2.11. The predicted octanol–water partition coefficient (Wildman–Crippen LogP) is 3.32. The molecule has 1 amide bonds. The lowest BCUT2D eigenvalue weighted by Crippen LogP contribution is -2.13. The Morgan fingerprint density at radius 3 is 2.70 bits per heavy atom. The van der Waals surface area contributed by atoms with Gasteiger partial charge in [-0.1, -0.05) is 11.6 Å². The van der Waals surface area contributed by atoms with Gasteiger partial charge >= 0.3 is 0 Å². The second-order valence-electron chi connectivity index (χ2n) is 4.04. The standard InChI is InChI=1S/C14H12ClFN2O2/c1-20-13-7-9(17)3-5-12(13)18-14(19)8-2-4-11(16)10(15)6-8/h2-7H,17H2,1H3,(H,18,19). The third-order valence-corrected chi connectivity index (χ3v) is 2.95. The topological polar surface area (TPSA) is 64.3 Å². The van der Waals surface area contributed by atoms with Crippen LogP contribution in [0.1, 0.15) is 10.4 Å². The molecule has 0 unspecified atom stereocenters. The van der Waals surface area contributed by atoms with E-state index in [1.165, 1.54) is 19.2 Å². The fraction of sp³-hybridized carbons (Fsp3) is 0.0714. The van der Waals surface area contributed by atoms with E-state index in [4.69, 9.17) is 22.1 Å². The number of nitrogens with one attached hydrogen (secondary N) is 1. The highest BCUT2D eigenvalue weighted by molar-refractivity contribution is 6.31. The van der Waals surface area contributed by atoms with Crippen molar-refractivity contribution in [2.45, 2.75) is 0 Å². The SMILES string of the molecule is COc1cc(N)ccc1NC(=O)c1ccc(F)c(Cl)c1. The molecule has 0 aromatic heterocycles. The van der Waals surface area contributed by atoms with Crippen LogP contribution < -0.4 is 15.8 Å². The molecule has 0 fully saturated rings. The number of amides is 1. The van der Waals surface area contributed by atoms with Crippen molar-refractivity contribution in [2.24, 2.45) is 0 Å². The van der Waals surface area contributed by atoms with Crippen LogP contribution >= 0.6 is 11.6 Å². The number of anilines is 2. The lowest BCUT2D eigenvalue weighted by atomic mass is 10.2. The monoisotopic (exact) mass is 294 g/mol. The van der Waals surface area contributed by atoms with Gasteiger partial charge in [0.2, 0.25) is 0 Å². The highest BCUT2D eigenvalue weighted by atomic mass is 35.5. The quantitative estimate of drug-likeness (QED) is 0.854. The van der Waals surface area contributed by atoms with Crippen molar-refractivity contribution < 1.29 is 13.9 Å². The second kappa shape index (κ2) is 5.79. The first-order valence-electron chi connectivity index (χ1n) is 5.71. The zero-order chi connectivity index (χ0) is 14.7. The molecule has 104 valence electrons. The molecular weight excluding hydrogens is 283 g/mol. The Balaban J connectivity index is 2.25. The Morgan fingerprint density at radius 1 is 1.30 bits per heavy atom. The van der Waals surface area contributed by atoms with Crippen molar-refractivity contribution in [3.63, 3.8) is 0 Å². The zero-order valence-electron chi connectivity index (χ0n) is 10.6. The maximum Gasteiger partial charge on any atom is 0.255 e. The van der Waals surface area contributed by atoms with Crippen LogP contribution in [0.5, 0.6) is 5.75 Å². The molecule has 0 aliphatic carbocycles. The summed E-state index contributed by atoms with van der Waals surface area (Å²) >= 11 is 5.64. The number of hydrogen-bond donors (Lipinski definition) is 2. The van der Waals surface area contributed by atoms with Crippen molar-refractivity contribution in [3.8, 4) is 5.75 Å². The summed E-state index contributed by atoms with van der Waals surface area (Å²) in [6.07, 6.45) is 0. The molecule has 2 aromatic rings. The van der Waals surface area contributed by atoms with Crippen LogP contribution in [0.25, 0.3) is 0 Å². The van der Waals surface area contributed by atoms with Crippen molar-refractivity contribution >= 4 is 28.9 Å². The molecule has 6 heteroatoms. The summed E-state index contributed by atoms with van der Waals surface area (Å²) in [5.41, 5.74) is 6.86. The molecule has 2 rings (SSSR count). The summed E-state index contributed by atoms with van der Waals surface area (Å²) in [4.78, 5) is 12.1. The molecule has 0 bridgehead atoms. The maximum atomic E-state index is 13.1. The molecule has 3 N–H and O–H groups in total. The lowest BCUT2D eigenvalue weighted by molar-refractivity contribution is 0.102. The molecular formula is C14H12ClFN2O2. The van der Waals surface area contributed by atoms with E-state index in [9.17, 15) is 9.18 Å². The fourth-order valence-electron chi connectivity index (χ4n) is 1.64. The minimum atomic E-state index is -0.576. The third kappa shape index (κ3) is 3.00. The van der Waals surface area contributed by atoms with Crippen molar-refractivity contribution in [1.29, 1.82) is 0 Å². The number of rotatable bonds is 3. The number of methoxy groups -OCH3 is 1. The molecule has 0 aliphatic heterocycles. The maximum absolute atomic E-state index is 13.1. The molecule has 20 heavy (non-hydrogen) atoms. The normalized spacial score (nSPS) is 10.2. The number of carbonyl (C=O) groups excluding carboxylic acids is 1. The summed E-state index contributed by atoms with van der Waals surface area (Å²) in [5.74, 6) is -0.560. The highest BCUT2D eigenvalue weighted by Gasteiger charge is 2.11.